The zero-order valence-electron chi connectivity index (χ0n) is 11.6. The van der Waals surface area contributed by atoms with Crippen LogP contribution in [0.15, 0.2) is 6.20 Å². The van der Waals surface area contributed by atoms with E-state index >= 15 is 0 Å². The van der Waals surface area contributed by atoms with E-state index in [9.17, 15) is 0 Å². The number of aromatic nitrogens is 3. The fraction of sp³-hybridized carbons (Fsp3) is 0.867. The van der Waals surface area contributed by atoms with Crippen LogP contribution in [0.2, 0.25) is 0 Å². The lowest BCUT2D eigenvalue weighted by atomic mass is 9.89. The Morgan fingerprint density at radius 3 is 2.89 bits per heavy atom. The molecule has 1 heterocycles. The Bertz CT molecular complexity index is 437. The predicted octanol–water partition coefficient (Wildman–Crippen LogP) is 2.21. The highest BCUT2D eigenvalue weighted by molar-refractivity contribution is 4.94. The van der Waals surface area contributed by atoms with Crippen LogP contribution in [-0.2, 0) is 13.1 Å². The Kier molecular flexibility index (Phi) is 3.06. The largest absolute Gasteiger partial charge is 0.311 e. The van der Waals surface area contributed by atoms with Crippen molar-refractivity contribution in [3.05, 3.63) is 11.9 Å². The maximum atomic E-state index is 4.30. The molecule has 0 aromatic carbocycles. The van der Waals surface area contributed by atoms with E-state index < -0.39 is 0 Å². The van der Waals surface area contributed by atoms with Gasteiger partial charge in [-0.1, -0.05) is 11.6 Å². The standard InChI is InChI=1S/C15H24N4/c1-2-11(1)7-16-8-15-10-19(18-17-15)9-14-6-12-3-4-13(14)5-12/h10-14,16H,1-9H2. The number of nitrogens with one attached hydrogen (secondary N) is 1. The molecule has 0 amide bonds. The second-order valence-corrected chi connectivity index (χ2v) is 6.94. The summed E-state index contributed by atoms with van der Waals surface area (Å²) < 4.78 is 2.08. The molecule has 3 aliphatic carbocycles. The fourth-order valence-electron chi connectivity index (χ4n) is 4.08. The Morgan fingerprint density at radius 1 is 1.21 bits per heavy atom. The maximum Gasteiger partial charge on any atom is 0.0964 e. The number of fused-ring (bicyclic) bond motifs is 2. The minimum absolute atomic E-state index is 0.868. The second kappa shape index (κ2) is 4.89. The van der Waals surface area contributed by atoms with E-state index in [1.807, 2.05) is 0 Å². The van der Waals surface area contributed by atoms with Crippen molar-refractivity contribution in [3.8, 4) is 0 Å². The lowest BCUT2D eigenvalue weighted by Gasteiger charge is -2.20. The van der Waals surface area contributed by atoms with Gasteiger partial charge in [0.1, 0.15) is 0 Å². The van der Waals surface area contributed by atoms with E-state index in [2.05, 4.69) is 26.5 Å². The average molecular weight is 260 g/mol. The summed E-state index contributed by atoms with van der Waals surface area (Å²) in [5.74, 6) is 3.81. The van der Waals surface area contributed by atoms with Crippen molar-refractivity contribution in [1.82, 2.24) is 20.3 Å². The van der Waals surface area contributed by atoms with Gasteiger partial charge in [-0.2, -0.15) is 0 Å². The Hall–Kier alpha value is -0.900. The van der Waals surface area contributed by atoms with Crippen molar-refractivity contribution < 1.29 is 0 Å². The van der Waals surface area contributed by atoms with Crippen molar-refractivity contribution in [1.29, 1.82) is 0 Å². The van der Waals surface area contributed by atoms with Crippen molar-refractivity contribution >= 4 is 0 Å². The highest BCUT2D eigenvalue weighted by atomic mass is 15.4. The molecule has 0 saturated heterocycles. The van der Waals surface area contributed by atoms with Crippen LogP contribution in [0.4, 0.5) is 0 Å². The van der Waals surface area contributed by atoms with Crippen LogP contribution in [0.5, 0.6) is 0 Å². The first kappa shape index (κ1) is 11.9. The van der Waals surface area contributed by atoms with Gasteiger partial charge in [0.25, 0.3) is 0 Å². The molecule has 4 heteroatoms. The molecular formula is C15H24N4. The van der Waals surface area contributed by atoms with Gasteiger partial charge in [-0.3, -0.25) is 4.68 Å². The van der Waals surface area contributed by atoms with Crippen molar-refractivity contribution in [2.75, 3.05) is 6.54 Å². The van der Waals surface area contributed by atoms with E-state index in [4.69, 9.17) is 0 Å². The minimum atomic E-state index is 0.868. The predicted molar refractivity (Wildman–Crippen MR) is 73.4 cm³/mol. The van der Waals surface area contributed by atoms with Gasteiger partial charge >= 0.3 is 0 Å². The summed E-state index contributed by atoms with van der Waals surface area (Å²) in [6.45, 7) is 3.13. The number of hydrogen-bond donors (Lipinski definition) is 1. The topological polar surface area (TPSA) is 42.7 Å². The monoisotopic (exact) mass is 260 g/mol. The molecule has 3 aliphatic rings. The van der Waals surface area contributed by atoms with Crippen molar-refractivity contribution in [2.24, 2.45) is 23.7 Å². The zero-order valence-corrected chi connectivity index (χ0v) is 11.6. The molecule has 0 radical (unpaired) electrons. The molecule has 2 bridgehead atoms. The van der Waals surface area contributed by atoms with E-state index in [1.165, 1.54) is 38.5 Å². The normalized spacial score (nSPS) is 33.2. The second-order valence-electron chi connectivity index (χ2n) is 6.94. The molecule has 1 aromatic heterocycles. The lowest BCUT2D eigenvalue weighted by Crippen LogP contribution is -2.18. The first-order valence-corrected chi connectivity index (χ1v) is 7.96. The van der Waals surface area contributed by atoms with Gasteiger partial charge in [-0.15, -0.1) is 5.10 Å². The smallest absolute Gasteiger partial charge is 0.0964 e. The third kappa shape index (κ3) is 2.69. The van der Waals surface area contributed by atoms with Gasteiger partial charge < -0.3 is 5.32 Å². The molecule has 4 rings (SSSR count). The molecule has 19 heavy (non-hydrogen) atoms. The first-order valence-electron chi connectivity index (χ1n) is 7.96. The molecule has 3 unspecified atom stereocenters. The van der Waals surface area contributed by atoms with Crippen LogP contribution in [0.1, 0.15) is 44.2 Å². The number of rotatable bonds is 6. The third-order valence-electron chi connectivity index (χ3n) is 5.33. The molecule has 3 saturated carbocycles. The summed E-state index contributed by atoms with van der Waals surface area (Å²) in [5.41, 5.74) is 1.10. The van der Waals surface area contributed by atoms with Crippen molar-refractivity contribution in [3.63, 3.8) is 0 Å². The number of nitrogens with zero attached hydrogens (tertiary/aromatic N) is 3. The van der Waals surface area contributed by atoms with Gasteiger partial charge in [0, 0.05) is 19.3 Å². The van der Waals surface area contributed by atoms with Crippen molar-refractivity contribution in [2.45, 2.75) is 51.6 Å². The molecule has 1 N–H and O–H groups in total. The summed E-state index contributed by atoms with van der Waals surface area (Å²) >= 11 is 0. The van der Waals surface area contributed by atoms with E-state index in [0.717, 1.165) is 49.0 Å². The zero-order chi connectivity index (χ0) is 12.7. The molecule has 3 fully saturated rings. The summed E-state index contributed by atoms with van der Waals surface area (Å²) in [4.78, 5) is 0. The van der Waals surface area contributed by atoms with Crippen LogP contribution in [0, 0.1) is 23.7 Å². The molecule has 1 aromatic rings. The minimum Gasteiger partial charge on any atom is -0.311 e. The summed E-state index contributed by atoms with van der Waals surface area (Å²) in [6.07, 6.45) is 10.8. The van der Waals surface area contributed by atoms with E-state index in [-0.39, 0.29) is 0 Å². The first-order chi connectivity index (χ1) is 9.37. The maximum absolute atomic E-state index is 4.30. The fourth-order valence-corrected chi connectivity index (χ4v) is 4.08. The third-order valence-corrected chi connectivity index (χ3v) is 5.33. The quantitative estimate of drug-likeness (QED) is 0.853. The van der Waals surface area contributed by atoms with Crippen LogP contribution in [-0.4, -0.2) is 21.5 Å². The summed E-state index contributed by atoms with van der Waals surface area (Å²) in [5, 5.41) is 12.1. The van der Waals surface area contributed by atoms with E-state index in [1.54, 1.807) is 0 Å². The molecule has 0 spiro atoms. The molecule has 3 atom stereocenters. The highest BCUT2D eigenvalue weighted by Crippen LogP contribution is 2.48. The molecule has 4 nitrogen and oxygen atoms in total. The Morgan fingerprint density at radius 2 is 2.16 bits per heavy atom. The van der Waals surface area contributed by atoms with Gasteiger partial charge in [0.2, 0.25) is 0 Å². The highest BCUT2D eigenvalue weighted by Gasteiger charge is 2.39. The summed E-state index contributed by atoms with van der Waals surface area (Å²) in [7, 11) is 0. The Balaban J connectivity index is 1.28. The van der Waals surface area contributed by atoms with Gasteiger partial charge in [-0.05, 0) is 62.3 Å². The van der Waals surface area contributed by atoms with Crippen LogP contribution >= 0.6 is 0 Å². The molecular weight excluding hydrogens is 236 g/mol. The van der Waals surface area contributed by atoms with Crippen LogP contribution in [0.25, 0.3) is 0 Å². The number of hydrogen-bond acceptors (Lipinski definition) is 3. The summed E-state index contributed by atoms with van der Waals surface area (Å²) in [6, 6.07) is 0. The van der Waals surface area contributed by atoms with Gasteiger partial charge in [0.05, 0.1) is 5.69 Å². The average Bonchev–Trinajstić information content (AvgIpc) is 2.84. The van der Waals surface area contributed by atoms with Crippen LogP contribution < -0.4 is 5.32 Å². The van der Waals surface area contributed by atoms with E-state index in [0.29, 0.717) is 0 Å². The SMILES string of the molecule is c1c(CNCC2CC2)nnn1CC1CC2CCC1C2. The van der Waals surface area contributed by atoms with Gasteiger partial charge in [0.15, 0.2) is 0 Å². The van der Waals surface area contributed by atoms with Crippen LogP contribution in [0.3, 0.4) is 0 Å². The molecule has 0 aliphatic heterocycles. The Labute approximate surface area is 115 Å². The van der Waals surface area contributed by atoms with Gasteiger partial charge in [-0.25, -0.2) is 0 Å². The lowest BCUT2D eigenvalue weighted by molar-refractivity contribution is 0.283. The molecule has 104 valence electrons.